The number of nitrogens with zero attached hydrogens (tertiary/aromatic N) is 1. The Bertz CT molecular complexity index is 822. The van der Waals surface area contributed by atoms with Crippen molar-refractivity contribution in [3.63, 3.8) is 0 Å². The molecule has 0 saturated heterocycles. The van der Waals surface area contributed by atoms with E-state index in [1.54, 1.807) is 12.1 Å². The minimum absolute atomic E-state index is 0.00654. The van der Waals surface area contributed by atoms with E-state index in [-0.39, 0.29) is 11.6 Å². The number of rotatable bonds is 4. The predicted molar refractivity (Wildman–Crippen MR) is 93.9 cm³/mol. The van der Waals surface area contributed by atoms with Crippen LogP contribution in [0.2, 0.25) is 0 Å². The van der Waals surface area contributed by atoms with Crippen molar-refractivity contribution in [3.05, 3.63) is 76.9 Å². The second-order valence-electron chi connectivity index (χ2n) is 5.43. The van der Waals surface area contributed by atoms with Crippen LogP contribution >= 0.6 is 11.3 Å². The second-order valence-corrected chi connectivity index (χ2v) is 6.46. The predicted octanol–water partition coefficient (Wildman–Crippen LogP) is 4.85. The monoisotopic (exact) mass is 325 g/mol. The smallest absolute Gasteiger partial charge is 0.203 e. The van der Waals surface area contributed by atoms with Crippen LogP contribution in [0.1, 0.15) is 15.2 Å². The number of ketones is 1. The topological polar surface area (TPSA) is 20.3 Å². The van der Waals surface area contributed by atoms with E-state index in [0.717, 1.165) is 16.1 Å². The lowest BCUT2D eigenvalue weighted by Gasteiger charge is -2.12. The van der Waals surface area contributed by atoms with Crippen molar-refractivity contribution < 1.29 is 9.18 Å². The molecule has 0 unspecified atom stereocenters. The van der Waals surface area contributed by atoms with Crippen LogP contribution in [-0.4, -0.2) is 19.9 Å². The molecule has 1 heterocycles. The third kappa shape index (κ3) is 3.17. The van der Waals surface area contributed by atoms with E-state index in [4.69, 9.17) is 0 Å². The van der Waals surface area contributed by atoms with Crippen molar-refractivity contribution in [2.45, 2.75) is 0 Å². The molecule has 0 N–H and O–H groups in total. The van der Waals surface area contributed by atoms with Gasteiger partial charge in [-0.25, -0.2) is 4.39 Å². The first-order valence-corrected chi connectivity index (χ1v) is 8.05. The highest BCUT2D eigenvalue weighted by Gasteiger charge is 2.18. The summed E-state index contributed by atoms with van der Waals surface area (Å²) in [7, 11) is 3.88. The average molecular weight is 325 g/mol. The maximum absolute atomic E-state index is 13.2. The van der Waals surface area contributed by atoms with Crippen LogP contribution in [0.5, 0.6) is 0 Å². The molecule has 3 aromatic rings. The van der Waals surface area contributed by atoms with Gasteiger partial charge in [0.15, 0.2) is 0 Å². The van der Waals surface area contributed by atoms with E-state index in [2.05, 4.69) is 0 Å². The quantitative estimate of drug-likeness (QED) is 0.639. The summed E-state index contributed by atoms with van der Waals surface area (Å²) >= 11 is 1.45. The van der Waals surface area contributed by atoms with Gasteiger partial charge in [0.1, 0.15) is 5.82 Å². The first kappa shape index (κ1) is 15.4. The summed E-state index contributed by atoms with van der Waals surface area (Å²) < 4.78 is 13.2. The number of benzene rings is 2. The van der Waals surface area contributed by atoms with Crippen LogP contribution in [0.25, 0.3) is 11.1 Å². The maximum atomic E-state index is 13.2. The van der Waals surface area contributed by atoms with Gasteiger partial charge in [0.2, 0.25) is 5.78 Å². The third-order valence-corrected chi connectivity index (χ3v) is 4.84. The zero-order valence-electron chi connectivity index (χ0n) is 12.9. The van der Waals surface area contributed by atoms with E-state index in [1.807, 2.05) is 55.4 Å². The van der Waals surface area contributed by atoms with Crippen LogP contribution in [0.3, 0.4) is 0 Å². The third-order valence-electron chi connectivity index (χ3n) is 3.53. The first-order valence-electron chi connectivity index (χ1n) is 7.23. The van der Waals surface area contributed by atoms with Crippen molar-refractivity contribution in [1.82, 2.24) is 0 Å². The highest BCUT2D eigenvalue weighted by Crippen LogP contribution is 2.38. The Balaban J connectivity index is 2.06. The molecule has 4 heteroatoms. The Morgan fingerprint density at radius 1 is 1.00 bits per heavy atom. The molecule has 0 radical (unpaired) electrons. The minimum atomic E-state index is -0.268. The summed E-state index contributed by atoms with van der Waals surface area (Å²) in [6, 6.07) is 17.5. The lowest BCUT2D eigenvalue weighted by atomic mass is 10.1. The Labute approximate surface area is 138 Å². The summed E-state index contributed by atoms with van der Waals surface area (Å²) in [5.74, 6) is -0.261. The molecule has 3 rings (SSSR count). The van der Waals surface area contributed by atoms with Crippen LogP contribution in [0.4, 0.5) is 9.39 Å². The fraction of sp³-hybridized carbons (Fsp3) is 0.105. The summed E-state index contributed by atoms with van der Waals surface area (Å²) in [6.07, 6.45) is 0. The molecule has 0 aliphatic carbocycles. The van der Waals surface area contributed by atoms with Gasteiger partial charge in [0.05, 0.1) is 9.88 Å². The minimum Gasteiger partial charge on any atom is -0.369 e. The van der Waals surface area contributed by atoms with Gasteiger partial charge in [0.25, 0.3) is 0 Å². The number of hydrogen-bond donors (Lipinski definition) is 0. The summed E-state index contributed by atoms with van der Waals surface area (Å²) in [4.78, 5) is 15.3. The van der Waals surface area contributed by atoms with E-state index in [9.17, 15) is 9.18 Å². The molecule has 2 aromatic carbocycles. The number of halogens is 1. The number of anilines is 1. The Hall–Kier alpha value is -2.46. The lowest BCUT2D eigenvalue weighted by molar-refractivity contribution is 0.104. The number of carbonyl (C=O) groups is 1. The molecule has 1 aromatic heterocycles. The van der Waals surface area contributed by atoms with E-state index >= 15 is 0 Å². The zero-order valence-corrected chi connectivity index (χ0v) is 13.7. The van der Waals surface area contributed by atoms with Crippen molar-refractivity contribution in [2.24, 2.45) is 0 Å². The molecular formula is C19H16FNOS. The molecule has 2 nitrogen and oxygen atoms in total. The number of thiophene rings is 1. The molecule has 0 spiro atoms. The average Bonchev–Trinajstić information content (AvgIpc) is 3.01. The molecule has 0 amide bonds. The number of carbonyl (C=O) groups excluding carboxylic acids is 1. The van der Waals surface area contributed by atoms with Gasteiger partial charge >= 0.3 is 0 Å². The van der Waals surface area contributed by atoms with Gasteiger partial charge < -0.3 is 4.90 Å². The standard InChI is InChI=1S/C19H16FNOS/c1-21(2)19-16(13-8-10-15(20)11-9-13)12-17(23-19)18(22)14-6-4-3-5-7-14/h3-12H,1-2H3. The van der Waals surface area contributed by atoms with Crippen molar-refractivity contribution in [2.75, 3.05) is 19.0 Å². The van der Waals surface area contributed by atoms with Gasteiger partial charge in [-0.15, -0.1) is 11.3 Å². The van der Waals surface area contributed by atoms with Crippen LogP contribution < -0.4 is 4.90 Å². The molecule has 116 valence electrons. The highest BCUT2D eigenvalue weighted by molar-refractivity contribution is 7.18. The molecule has 23 heavy (non-hydrogen) atoms. The molecule has 0 aliphatic heterocycles. The Morgan fingerprint density at radius 3 is 2.26 bits per heavy atom. The lowest BCUT2D eigenvalue weighted by Crippen LogP contribution is -2.07. The van der Waals surface area contributed by atoms with E-state index in [1.165, 1.54) is 23.5 Å². The van der Waals surface area contributed by atoms with Crippen molar-refractivity contribution in [1.29, 1.82) is 0 Å². The van der Waals surface area contributed by atoms with Crippen LogP contribution in [0, 0.1) is 5.82 Å². The Morgan fingerprint density at radius 2 is 1.65 bits per heavy atom. The fourth-order valence-electron chi connectivity index (χ4n) is 2.39. The van der Waals surface area contributed by atoms with Crippen LogP contribution in [-0.2, 0) is 0 Å². The number of hydrogen-bond acceptors (Lipinski definition) is 3. The second kappa shape index (κ2) is 6.34. The van der Waals surface area contributed by atoms with E-state index < -0.39 is 0 Å². The molecule has 0 atom stereocenters. The normalized spacial score (nSPS) is 10.6. The molecule has 0 saturated carbocycles. The molecule has 0 bridgehead atoms. The van der Waals surface area contributed by atoms with Gasteiger partial charge in [-0.1, -0.05) is 42.5 Å². The Kier molecular flexibility index (Phi) is 4.26. The molecule has 0 aliphatic rings. The summed E-state index contributed by atoms with van der Waals surface area (Å²) in [6.45, 7) is 0. The highest BCUT2D eigenvalue weighted by atomic mass is 32.1. The van der Waals surface area contributed by atoms with Crippen LogP contribution in [0.15, 0.2) is 60.7 Å². The van der Waals surface area contributed by atoms with Gasteiger partial charge in [-0.05, 0) is 23.8 Å². The van der Waals surface area contributed by atoms with E-state index in [0.29, 0.717) is 10.4 Å². The van der Waals surface area contributed by atoms with Crippen molar-refractivity contribution in [3.8, 4) is 11.1 Å². The van der Waals surface area contributed by atoms with Crippen molar-refractivity contribution >= 4 is 22.1 Å². The largest absolute Gasteiger partial charge is 0.369 e. The molecular weight excluding hydrogens is 309 g/mol. The van der Waals surface area contributed by atoms with Gasteiger partial charge in [-0.3, -0.25) is 4.79 Å². The summed E-state index contributed by atoms with van der Waals surface area (Å²) in [5, 5.41) is 0.982. The van der Waals surface area contributed by atoms with Gasteiger partial charge in [0, 0.05) is 25.2 Å². The first-order chi connectivity index (χ1) is 11.1. The van der Waals surface area contributed by atoms with Gasteiger partial charge in [-0.2, -0.15) is 0 Å². The maximum Gasteiger partial charge on any atom is 0.203 e. The fourth-order valence-corrected chi connectivity index (χ4v) is 3.46. The zero-order chi connectivity index (χ0) is 16.4. The molecule has 0 fully saturated rings. The summed E-state index contributed by atoms with van der Waals surface area (Å²) in [5.41, 5.74) is 2.52. The SMILES string of the molecule is CN(C)c1sc(C(=O)c2ccccc2)cc1-c1ccc(F)cc1.